The third kappa shape index (κ3) is 4.05. The summed E-state index contributed by atoms with van der Waals surface area (Å²) < 4.78 is 6.09. The van der Waals surface area contributed by atoms with Crippen LogP contribution in [0.1, 0.15) is 32.1 Å². The lowest BCUT2D eigenvalue weighted by Gasteiger charge is -2.39. The average Bonchev–Trinajstić information content (AvgIpc) is 3.25. The summed E-state index contributed by atoms with van der Waals surface area (Å²) in [5.74, 6) is -0.0709. The van der Waals surface area contributed by atoms with Crippen LogP contribution in [-0.2, 0) is 9.59 Å². The molecular weight excluding hydrogens is 474 g/mol. The Morgan fingerprint density at radius 3 is 2.54 bits per heavy atom. The minimum atomic E-state index is -1.45. The molecule has 3 fully saturated rings. The standard InChI is InChI=1S/C26H27N7O4/c34-23-26(24(35)30-25(36)29-23)10-4-12-31(26)19-7-8-22(28-17-19)37-21-9-14-33-18(15-21)5-1-2-13-32(33)20-6-3-11-27-16-20/h3,6-9,11,15-17H,1-2,4-5,10,12-14H2,(H2,29,30,34,35,36). The Kier molecular flexibility index (Phi) is 5.74. The second kappa shape index (κ2) is 9.23. The number of hydrazine groups is 1. The molecular formula is C26H27N7O4. The number of amides is 4. The Balaban J connectivity index is 1.18. The van der Waals surface area contributed by atoms with Crippen molar-refractivity contribution in [3.63, 3.8) is 0 Å². The molecule has 37 heavy (non-hydrogen) atoms. The van der Waals surface area contributed by atoms with Crippen LogP contribution >= 0.6 is 0 Å². The van der Waals surface area contributed by atoms with Crippen molar-refractivity contribution in [2.75, 3.05) is 29.5 Å². The van der Waals surface area contributed by atoms with Gasteiger partial charge in [-0.3, -0.25) is 35.2 Å². The normalized spacial score (nSPS) is 21.1. The number of carbonyl (C=O) groups excluding carboxylic acids is 3. The topological polar surface area (TPSA) is 120 Å². The van der Waals surface area contributed by atoms with Gasteiger partial charge < -0.3 is 9.64 Å². The Hall–Kier alpha value is -4.41. The SMILES string of the molecule is O=C1NC(=O)C2(CCCN2c2ccc(OC3=CCN4C(=C3)CCCCN4c3cccnc3)nc2)C(=O)N1. The first-order valence-corrected chi connectivity index (χ1v) is 12.5. The maximum Gasteiger partial charge on any atom is 0.328 e. The molecule has 0 unspecified atom stereocenters. The number of hydrogen-bond donors (Lipinski definition) is 2. The number of imide groups is 2. The minimum Gasteiger partial charge on any atom is -0.439 e. The lowest BCUT2D eigenvalue weighted by atomic mass is 9.92. The number of aromatic nitrogens is 2. The fourth-order valence-electron chi connectivity index (χ4n) is 5.48. The van der Waals surface area contributed by atoms with Crippen LogP contribution in [0.5, 0.6) is 5.88 Å². The Morgan fingerprint density at radius 2 is 1.78 bits per heavy atom. The average molecular weight is 502 g/mol. The Bertz CT molecular complexity index is 1270. The first-order valence-electron chi connectivity index (χ1n) is 12.5. The smallest absolute Gasteiger partial charge is 0.328 e. The number of nitrogens with one attached hydrogen (secondary N) is 2. The van der Waals surface area contributed by atoms with E-state index in [9.17, 15) is 14.4 Å². The highest BCUT2D eigenvalue weighted by Crippen LogP contribution is 2.36. The highest BCUT2D eigenvalue weighted by atomic mass is 16.5. The fraction of sp³-hybridized carbons (Fsp3) is 0.346. The number of ether oxygens (including phenoxy) is 1. The van der Waals surface area contributed by atoms with E-state index >= 15 is 0 Å². The monoisotopic (exact) mass is 501 g/mol. The van der Waals surface area contributed by atoms with Gasteiger partial charge in [-0.2, -0.15) is 0 Å². The highest BCUT2D eigenvalue weighted by Gasteiger charge is 2.57. The highest BCUT2D eigenvalue weighted by molar-refractivity contribution is 6.24. The number of nitrogens with zero attached hydrogens (tertiary/aromatic N) is 5. The van der Waals surface area contributed by atoms with Crippen LogP contribution in [0.3, 0.4) is 0 Å². The first kappa shape index (κ1) is 23.0. The maximum atomic E-state index is 12.7. The summed E-state index contributed by atoms with van der Waals surface area (Å²) in [6.07, 6.45) is 13.4. The third-order valence-electron chi connectivity index (χ3n) is 7.24. The fourth-order valence-corrected chi connectivity index (χ4v) is 5.48. The van der Waals surface area contributed by atoms with Crippen molar-refractivity contribution in [2.24, 2.45) is 0 Å². The molecule has 11 heteroatoms. The molecule has 0 radical (unpaired) electrons. The number of fused-ring (bicyclic) bond motifs is 1. The van der Waals surface area contributed by atoms with Crippen LogP contribution in [0.25, 0.3) is 0 Å². The van der Waals surface area contributed by atoms with Crippen LogP contribution in [0.4, 0.5) is 16.2 Å². The lowest BCUT2D eigenvalue weighted by Crippen LogP contribution is -2.71. The molecule has 11 nitrogen and oxygen atoms in total. The van der Waals surface area contributed by atoms with Crippen LogP contribution in [0.2, 0.25) is 0 Å². The number of carbonyl (C=O) groups is 3. The first-order chi connectivity index (χ1) is 18.0. The van der Waals surface area contributed by atoms with E-state index in [0.717, 1.165) is 37.3 Å². The van der Waals surface area contributed by atoms with Gasteiger partial charge >= 0.3 is 6.03 Å². The molecule has 0 atom stereocenters. The van der Waals surface area contributed by atoms with E-state index in [2.05, 4.69) is 42.8 Å². The number of anilines is 2. The zero-order valence-corrected chi connectivity index (χ0v) is 20.2. The number of pyridine rings is 2. The summed E-state index contributed by atoms with van der Waals surface area (Å²) in [5, 5.41) is 8.99. The minimum absolute atomic E-state index is 0.323. The number of urea groups is 1. The van der Waals surface area contributed by atoms with E-state index in [-0.39, 0.29) is 0 Å². The summed E-state index contributed by atoms with van der Waals surface area (Å²) in [6, 6.07) is 6.74. The molecule has 6 heterocycles. The molecule has 190 valence electrons. The number of allylic oxidation sites excluding steroid dienone is 2. The van der Waals surface area contributed by atoms with Crippen molar-refractivity contribution in [1.29, 1.82) is 0 Å². The molecule has 4 aliphatic rings. The maximum absolute atomic E-state index is 12.7. The largest absolute Gasteiger partial charge is 0.439 e. The van der Waals surface area contributed by atoms with Crippen molar-refractivity contribution in [2.45, 2.75) is 37.6 Å². The van der Waals surface area contributed by atoms with E-state index in [1.807, 2.05) is 18.3 Å². The second-order valence-corrected chi connectivity index (χ2v) is 9.43. The van der Waals surface area contributed by atoms with Crippen LogP contribution in [0, 0.1) is 0 Å². The molecule has 2 N–H and O–H groups in total. The number of rotatable bonds is 4. The van der Waals surface area contributed by atoms with Crippen LogP contribution in [-0.4, -0.2) is 58.0 Å². The zero-order valence-electron chi connectivity index (χ0n) is 20.2. The summed E-state index contributed by atoms with van der Waals surface area (Å²) in [4.78, 5) is 47.4. The van der Waals surface area contributed by atoms with Gasteiger partial charge in [0, 0.05) is 37.1 Å². The second-order valence-electron chi connectivity index (χ2n) is 9.43. The predicted octanol–water partition coefficient (Wildman–Crippen LogP) is 2.25. The van der Waals surface area contributed by atoms with Crippen molar-refractivity contribution >= 4 is 29.2 Å². The summed E-state index contributed by atoms with van der Waals surface area (Å²) >= 11 is 0. The molecule has 2 aromatic heterocycles. The predicted molar refractivity (Wildman–Crippen MR) is 134 cm³/mol. The quantitative estimate of drug-likeness (QED) is 0.608. The Labute approximate surface area is 213 Å². The molecule has 0 bridgehead atoms. The molecule has 0 saturated carbocycles. The summed E-state index contributed by atoms with van der Waals surface area (Å²) in [7, 11) is 0. The van der Waals surface area contributed by atoms with E-state index in [4.69, 9.17) is 4.74 Å². The molecule has 0 aromatic carbocycles. The van der Waals surface area contributed by atoms with Gasteiger partial charge in [0.15, 0.2) is 5.54 Å². The van der Waals surface area contributed by atoms with Gasteiger partial charge in [-0.05, 0) is 56.4 Å². The van der Waals surface area contributed by atoms with Gasteiger partial charge in [-0.25, -0.2) is 9.78 Å². The molecule has 2 aromatic rings. The molecule has 4 aliphatic heterocycles. The van der Waals surface area contributed by atoms with Gasteiger partial charge in [-0.15, -0.1) is 0 Å². The van der Waals surface area contributed by atoms with Gasteiger partial charge in [0.05, 0.1) is 30.3 Å². The zero-order chi connectivity index (χ0) is 25.4. The van der Waals surface area contributed by atoms with Gasteiger partial charge in [0.25, 0.3) is 11.8 Å². The van der Waals surface area contributed by atoms with E-state index in [1.165, 1.54) is 5.70 Å². The van der Waals surface area contributed by atoms with Crippen LogP contribution < -0.4 is 25.3 Å². The van der Waals surface area contributed by atoms with Crippen molar-refractivity contribution < 1.29 is 19.1 Å². The van der Waals surface area contributed by atoms with Gasteiger partial charge in [-0.1, -0.05) is 0 Å². The Morgan fingerprint density at radius 1 is 0.919 bits per heavy atom. The van der Waals surface area contributed by atoms with Crippen molar-refractivity contribution in [1.82, 2.24) is 25.6 Å². The van der Waals surface area contributed by atoms with Gasteiger partial charge in [0.2, 0.25) is 5.88 Å². The summed E-state index contributed by atoms with van der Waals surface area (Å²) in [5.41, 5.74) is 1.41. The van der Waals surface area contributed by atoms with Gasteiger partial charge in [0.1, 0.15) is 5.76 Å². The van der Waals surface area contributed by atoms with E-state index in [1.54, 1.807) is 29.4 Å². The molecule has 6 rings (SSSR count). The van der Waals surface area contributed by atoms with E-state index < -0.39 is 23.4 Å². The van der Waals surface area contributed by atoms with Crippen molar-refractivity contribution in [3.05, 3.63) is 66.5 Å². The number of hydrogen-bond acceptors (Lipinski definition) is 9. The van der Waals surface area contributed by atoms with E-state index in [0.29, 0.717) is 37.5 Å². The lowest BCUT2D eigenvalue weighted by molar-refractivity contribution is -0.137. The van der Waals surface area contributed by atoms with Crippen molar-refractivity contribution in [3.8, 4) is 5.88 Å². The third-order valence-corrected chi connectivity index (χ3v) is 7.24. The van der Waals surface area contributed by atoms with Crippen LogP contribution in [0.15, 0.2) is 66.5 Å². The molecule has 0 aliphatic carbocycles. The molecule has 3 saturated heterocycles. The summed E-state index contributed by atoms with van der Waals surface area (Å²) in [6.45, 7) is 2.10. The molecule has 1 spiro atoms. The molecule has 4 amide bonds. The number of barbiturate groups is 1.